The summed E-state index contributed by atoms with van der Waals surface area (Å²) in [5.41, 5.74) is 2.83. The van der Waals surface area contributed by atoms with E-state index >= 15 is 0 Å². The van der Waals surface area contributed by atoms with Crippen molar-refractivity contribution in [3.8, 4) is 0 Å². The number of carbonyl (C=O) groups is 2. The monoisotopic (exact) mass is 471 g/mol. The van der Waals surface area contributed by atoms with Crippen molar-refractivity contribution in [2.75, 3.05) is 26.7 Å². The SMILES string of the molecule is CN1CCN(C(=O)c2ccc(CNC(=O)C34CC5CC(CC(C5)C3)C4)cc2)C(c2ccccc2)C1. The van der Waals surface area contributed by atoms with Crippen molar-refractivity contribution in [2.24, 2.45) is 23.2 Å². The van der Waals surface area contributed by atoms with Crippen LogP contribution in [0.5, 0.6) is 0 Å². The van der Waals surface area contributed by atoms with Gasteiger partial charge in [-0.1, -0.05) is 42.5 Å². The standard InChI is InChI=1S/C30H37N3O2/c1-32-11-12-33(27(20-32)25-5-3-2-4-6-25)28(34)26-9-7-21(8-10-26)19-31-29(35)30-16-22-13-23(17-30)15-24(14-22)18-30/h2-10,22-24,27H,11-20H2,1H3,(H,31,35). The Morgan fingerprint density at radius 1 is 0.886 bits per heavy atom. The molecule has 2 aromatic rings. The van der Waals surface area contributed by atoms with E-state index in [1.807, 2.05) is 47.4 Å². The predicted molar refractivity (Wildman–Crippen MR) is 137 cm³/mol. The molecule has 1 N–H and O–H groups in total. The van der Waals surface area contributed by atoms with Crippen LogP contribution < -0.4 is 5.32 Å². The zero-order valence-electron chi connectivity index (χ0n) is 20.8. The van der Waals surface area contributed by atoms with E-state index in [0.717, 1.165) is 62.2 Å². The molecule has 2 amide bonds. The van der Waals surface area contributed by atoms with Crippen LogP contribution in [0.3, 0.4) is 0 Å². The van der Waals surface area contributed by atoms with Gasteiger partial charge in [-0.3, -0.25) is 9.59 Å². The summed E-state index contributed by atoms with van der Waals surface area (Å²) in [7, 11) is 2.12. The van der Waals surface area contributed by atoms with E-state index in [-0.39, 0.29) is 23.3 Å². The molecule has 5 aliphatic rings. The molecule has 4 bridgehead atoms. The molecule has 5 nitrogen and oxygen atoms in total. The lowest BCUT2D eigenvalue weighted by atomic mass is 9.49. The Bertz CT molecular complexity index is 1050. The zero-order chi connectivity index (χ0) is 24.0. The normalized spacial score (nSPS) is 32.0. The van der Waals surface area contributed by atoms with E-state index < -0.39 is 0 Å². The molecule has 1 aliphatic heterocycles. The molecule has 4 aliphatic carbocycles. The van der Waals surface area contributed by atoms with E-state index in [9.17, 15) is 9.59 Å². The third-order valence-corrected chi connectivity index (χ3v) is 9.20. The van der Waals surface area contributed by atoms with Crippen molar-refractivity contribution >= 4 is 11.8 Å². The first-order valence-electron chi connectivity index (χ1n) is 13.4. The molecular weight excluding hydrogens is 434 g/mol. The topological polar surface area (TPSA) is 52.6 Å². The second-order valence-electron chi connectivity index (χ2n) is 11.8. The predicted octanol–water partition coefficient (Wildman–Crippen LogP) is 4.65. The highest BCUT2D eigenvalue weighted by atomic mass is 16.2. The number of benzene rings is 2. The number of hydrogen-bond acceptors (Lipinski definition) is 3. The quantitative estimate of drug-likeness (QED) is 0.691. The van der Waals surface area contributed by atoms with Crippen LogP contribution in [-0.2, 0) is 11.3 Å². The van der Waals surface area contributed by atoms with E-state index in [1.54, 1.807) is 0 Å². The fourth-order valence-electron chi connectivity index (χ4n) is 7.81. The first kappa shape index (κ1) is 22.8. The Hall–Kier alpha value is -2.66. The Balaban J connectivity index is 1.10. The van der Waals surface area contributed by atoms with Gasteiger partial charge in [0, 0.05) is 37.2 Å². The largest absolute Gasteiger partial charge is 0.352 e. The van der Waals surface area contributed by atoms with Gasteiger partial charge in [-0.2, -0.15) is 0 Å². The molecule has 7 rings (SSSR count). The highest BCUT2D eigenvalue weighted by Crippen LogP contribution is 2.60. The summed E-state index contributed by atoms with van der Waals surface area (Å²) in [5.74, 6) is 2.65. The molecular formula is C30H37N3O2. The molecule has 0 radical (unpaired) electrons. The lowest BCUT2D eigenvalue weighted by Gasteiger charge is -2.55. The Morgan fingerprint density at radius 3 is 2.14 bits per heavy atom. The second kappa shape index (κ2) is 9.09. The zero-order valence-corrected chi connectivity index (χ0v) is 20.8. The van der Waals surface area contributed by atoms with Gasteiger partial charge in [0.05, 0.1) is 6.04 Å². The van der Waals surface area contributed by atoms with Crippen molar-refractivity contribution in [1.29, 1.82) is 0 Å². The van der Waals surface area contributed by atoms with Crippen LogP contribution >= 0.6 is 0 Å². The Morgan fingerprint density at radius 2 is 1.51 bits per heavy atom. The van der Waals surface area contributed by atoms with Crippen molar-refractivity contribution in [3.05, 3.63) is 71.3 Å². The minimum Gasteiger partial charge on any atom is -0.352 e. The van der Waals surface area contributed by atoms with Crippen molar-refractivity contribution in [2.45, 2.75) is 51.1 Å². The highest BCUT2D eigenvalue weighted by molar-refractivity contribution is 5.94. The summed E-state index contributed by atoms with van der Waals surface area (Å²) in [5, 5.41) is 3.26. The molecule has 1 atom stereocenters. The molecule has 35 heavy (non-hydrogen) atoms. The third kappa shape index (κ3) is 4.40. The van der Waals surface area contributed by atoms with Gasteiger partial charge in [0.1, 0.15) is 0 Å². The summed E-state index contributed by atoms with van der Waals surface area (Å²) in [6.07, 6.45) is 7.31. The maximum Gasteiger partial charge on any atom is 0.254 e. The summed E-state index contributed by atoms with van der Waals surface area (Å²) in [4.78, 5) is 31.0. The van der Waals surface area contributed by atoms with Crippen LogP contribution in [0.1, 0.15) is 66.1 Å². The smallest absolute Gasteiger partial charge is 0.254 e. The van der Waals surface area contributed by atoms with E-state index in [4.69, 9.17) is 0 Å². The average molecular weight is 472 g/mol. The first-order valence-corrected chi connectivity index (χ1v) is 13.4. The van der Waals surface area contributed by atoms with Gasteiger partial charge < -0.3 is 15.1 Å². The number of likely N-dealkylation sites (N-methyl/N-ethyl adjacent to an activating group) is 1. The summed E-state index contributed by atoms with van der Waals surface area (Å²) >= 11 is 0. The van der Waals surface area contributed by atoms with Crippen LogP contribution in [0.2, 0.25) is 0 Å². The molecule has 4 saturated carbocycles. The molecule has 1 unspecified atom stereocenters. The van der Waals surface area contributed by atoms with E-state index in [2.05, 4.69) is 29.4 Å². The minimum atomic E-state index is -0.113. The lowest BCUT2D eigenvalue weighted by molar-refractivity contribution is -0.146. The third-order valence-electron chi connectivity index (χ3n) is 9.20. The molecule has 2 aromatic carbocycles. The fourth-order valence-corrected chi connectivity index (χ4v) is 7.81. The number of carbonyl (C=O) groups excluding carboxylic acids is 2. The molecule has 5 fully saturated rings. The summed E-state index contributed by atoms with van der Waals surface area (Å²) < 4.78 is 0. The minimum absolute atomic E-state index is 0.0571. The van der Waals surface area contributed by atoms with Crippen LogP contribution in [0.4, 0.5) is 0 Å². The number of nitrogens with one attached hydrogen (secondary N) is 1. The maximum atomic E-state index is 13.5. The molecule has 0 aromatic heterocycles. The van der Waals surface area contributed by atoms with E-state index in [0.29, 0.717) is 12.1 Å². The number of amides is 2. The molecule has 1 heterocycles. The summed E-state index contributed by atoms with van der Waals surface area (Å²) in [6.45, 7) is 2.97. The van der Waals surface area contributed by atoms with E-state index in [1.165, 1.54) is 24.8 Å². The maximum absolute atomic E-state index is 13.5. The molecule has 1 saturated heterocycles. The average Bonchev–Trinajstić information content (AvgIpc) is 2.87. The van der Waals surface area contributed by atoms with Gasteiger partial charge in [0.25, 0.3) is 5.91 Å². The molecule has 184 valence electrons. The van der Waals surface area contributed by atoms with Gasteiger partial charge in [-0.05, 0) is 86.6 Å². The van der Waals surface area contributed by atoms with Gasteiger partial charge in [-0.15, -0.1) is 0 Å². The fraction of sp³-hybridized carbons (Fsp3) is 0.533. The number of nitrogens with zero attached hydrogens (tertiary/aromatic N) is 2. The van der Waals surface area contributed by atoms with Crippen molar-refractivity contribution < 1.29 is 9.59 Å². The second-order valence-corrected chi connectivity index (χ2v) is 11.8. The number of rotatable bonds is 5. The van der Waals surface area contributed by atoms with Gasteiger partial charge >= 0.3 is 0 Å². The number of piperazine rings is 1. The summed E-state index contributed by atoms with van der Waals surface area (Å²) in [6, 6.07) is 18.2. The van der Waals surface area contributed by atoms with Crippen LogP contribution in [0, 0.1) is 23.2 Å². The lowest BCUT2D eigenvalue weighted by Crippen LogP contribution is -2.53. The van der Waals surface area contributed by atoms with Crippen LogP contribution in [0.25, 0.3) is 0 Å². The van der Waals surface area contributed by atoms with Gasteiger partial charge in [0.2, 0.25) is 5.91 Å². The van der Waals surface area contributed by atoms with Crippen molar-refractivity contribution in [1.82, 2.24) is 15.1 Å². The number of hydrogen-bond donors (Lipinski definition) is 1. The van der Waals surface area contributed by atoms with Gasteiger partial charge in [0.15, 0.2) is 0 Å². The van der Waals surface area contributed by atoms with Crippen LogP contribution in [0.15, 0.2) is 54.6 Å². The van der Waals surface area contributed by atoms with Crippen molar-refractivity contribution in [3.63, 3.8) is 0 Å². The highest BCUT2D eigenvalue weighted by Gasteiger charge is 2.54. The molecule has 5 heteroatoms. The molecule has 0 spiro atoms. The van der Waals surface area contributed by atoms with Gasteiger partial charge in [-0.25, -0.2) is 0 Å². The Kier molecular flexibility index (Phi) is 5.92. The first-order chi connectivity index (χ1) is 17.0. The van der Waals surface area contributed by atoms with Crippen LogP contribution in [-0.4, -0.2) is 48.3 Å². The Labute approximate surface area is 208 Å².